The Hall–Kier alpha value is -3.74. The number of nitrogens with zero attached hydrogens (tertiary/aromatic N) is 1. The zero-order valence-corrected chi connectivity index (χ0v) is 18.2. The summed E-state index contributed by atoms with van der Waals surface area (Å²) in [6.45, 7) is -0.330. The van der Waals surface area contributed by atoms with Gasteiger partial charge in [0, 0.05) is 5.69 Å². The lowest BCUT2D eigenvalue weighted by Gasteiger charge is -2.31. The Morgan fingerprint density at radius 1 is 0.943 bits per heavy atom. The van der Waals surface area contributed by atoms with E-state index >= 15 is 0 Å². The number of halogens is 6. The van der Waals surface area contributed by atoms with E-state index in [9.17, 15) is 39.6 Å². The fourth-order valence-electron chi connectivity index (χ4n) is 3.47. The molecule has 0 bridgehead atoms. The summed E-state index contributed by atoms with van der Waals surface area (Å²) in [5.74, 6) is -5.40. The molecule has 1 aliphatic rings. The van der Waals surface area contributed by atoms with E-state index in [4.69, 9.17) is 4.74 Å². The van der Waals surface area contributed by atoms with Crippen LogP contribution in [0.25, 0.3) is 0 Å². The van der Waals surface area contributed by atoms with Gasteiger partial charge in [-0.3, -0.25) is 9.10 Å². The Balaban J connectivity index is 1.70. The van der Waals surface area contributed by atoms with E-state index in [2.05, 4.69) is 5.32 Å². The number of fused-ring (bicyclic) bond motifs is 1. The monoisotopic (exact) mass is 516 g/mol. The van der Waals surface area contributed by atoms with Crippen LogP contribution in [0.5, 0.6) is 5.75 Å². The van der Waals surface area contributed by atoms with Crippen molar-refractivity contribution < 1.29 is 44.3 Å². The first-order valence-electron chi connectivity index (χ1n) is 9.81. The van der Waals surface area contributed by atoms with Crippen molar-refractivity contribution >= 4 is 27.3 Å². The Bertz CT molecular complexity index is 1430. The fourth-order valence-corrected chi connectivity index (χ4v) is 4.93. The van der Waals surface area contributed by atoms with E-state index < -0.39 is 55.6 Å². The summed E-state index contributed by atoms with van der Waals surface area (Å²) in [5, 5.41) is 2.12. The van der Waals surface area contributed by atoms with Gasteiger partial charge in [0.1, 0.15) is 18.2 Å². The van der Waals surface area contributed by atoms with E-state index in [0.717, 1.165) is 22.5 Å². The topological polar surface area (TPSA) is 75.7 Å². The number of carbonyl (C=O) groups excluding carboxylic acids is 1. The summed E-state index contributed by atoms with van der Waals surface area (Å²) in [6.07, 6.45) is -5.01. The number of hydrogen-bond acceptors (Lipinski definition) is 4. The molecule has 0 aliphatic carbocycles. The van der Waals surface area contributed by atoms with Gasteiger partial charge in [0.15, 0.2) is 11.6 Å². The number of ether oxygens (including phenoxy) is 1. The molecule has 13 heteroatoms. The molecule has 0 spiro atoms. The van der Waals surface area contributed by atoms with Gasteiger partial charge in [0.2, 0.25) is 0 Å². The molecule has 1 amide bonds. The summed E-state index contributed by atoms with van der Waals surface area (Å²) in [7, 11) is -4.42. The molecule has 0 aromatic heterocycles. The number of carbonyl (C=O) groups is 1. The van der Waals surface area contributed by atoms with E-state index in [1.807, 2.05) is 0 Å². The first-order chi connectivity index (χ1) is 16.4. The second-order valence-electron chi connectivity index (χ2n) is 7.30. The molecule has 4 rings (SSSR count). The van der Waals surface area contributed by atoms with Gasteiger partial charge in [-0.15, -0.1) is 0 Å². The standard InChI is InChI=1S/C22H14F6N2O4S/c23-15-6-5-13(11-17(15)25)35(32,33)30-8-9-34-19-7-4-12(10-18(19)30)29-21(31)20-14(22(26,27)28)2-1-3-16(20)24/h1-7,10-11H,8-9H2,(H,29,31). The molecule has 1 N–H and O–H groups in total. The van der Waals surface area contributed by atoms with E-state index in [1.165, 1.54) is 12.1 Å². The quantitative estimate of drug-likeness (QED) is 0.498. The van der Waals surface area contributed by atoms with Crippen molar-refractivity contribution in [1.29, 1.82) is 0 Å². The van der Waals surface area contributed by atoms with Gasteiger partial charge in [-0.2, -0.15) is 13.2 Å². The lowest BCUT2D eigenvalue weighted by atomic mass is 10.1. The van der Waals surface area contributed by atoms with Gasteiger partial charge in [0.05, 0.1) is 28.3 Å². The number of nitrogens with one attached hydrogen (secondary N) is 1. The van der Waals surface area contributed by atoms with Crippen molar-refractivity contribution in [3.05, 3.63) is 83.2 Å². The molecular weight excluding hydrogens is 502 g/mol. The molecule has 0 saturated heterocycles. The largest absolute Gasteiger partial charge is 0.489 e. The van der Waals surface area contributed by atoms with Gasteiger partial charge in [-0.1, -0.05) is 6.07 Å². The van der Waals surface area contributed by atoms with Crippen LogP contribution in [0.2, 0.25) is 0 Å². The minimum absolute atomic E-state index is 0.0438. The zero-order chi connectivity index (χ0) is 25.5. The maximum Gasteiger partial charge on any atom is 0.417 e. The van der Waals surface area contributed by atoms with Crippen molar-refractivity contribution in [3.63, 3.8) is 0 Å². The minimum atomic E-state index is -5.01. The number of amides is 1. The van der Waals surface area contributed by atoms with Crippen LogP contribution >= 0.6 is 0 Å². The summed E-state index contributed by atoms with van der Waals surface area (Å²) in [6, 6.07) is 7.64. The maximum atomic E-state index is 14.1. The molecule has 184 valence electrons. The van der Waals surface area contributed by atoms with E-state index in [0.29, 0.717) is 24.3 Å². The van der Waals surface area contributed by atoms with Crippen molar-refractivity contribution in [3.8, 4) is 5.75 Å². The second-order valence-corrected chi connectivity index (χ2v) is 9.16. The predicted octanol–water partition coefficient (Wildman–Crippen LogP) is 4.96. The van der Waals surface area contributed by atoms with Gasteiger partial charge in [-0.05, 0) is 48.5 Å². The first-order valence-corrected chi connectivity index (χ1v) is 11.3. The van der Waals surface area contributed by atoms with Gasteiger partial charge < -0.3 is 10.1 Å². The van der Waals surface area contributed by atoms with Crippen LogP contribution in [0.3, 0.4) is 0 Å². The molecular formula is C22H14F6N2O4S. The number of benzene rings is 3. The second kappa shape index (κ2) is 8.80. The first kappa shape index (κ1) is 24.4. The molecule has 0 unspecified atom stereocenters. The van der Waals surface area contributed by atoms with Crippen LogP contribution in [-0.2, 0) is 16.2 Å². The average Bonchev–Trinajstić information content (AvgIpc) is 2.79. The van der Waals surface area contributed by atoms with Crippen molar-refractivity contribution in [1.82, 2.24) is 0 Å². The van der Waals surface area contributed by atoms with Crippen molar-refractivity contribution in [2.45, 2.75) is 11.1 Å². The summed E-state index contributed by atoms with van der Waals surface area (Å²) in [4.78, 5) is 12.0. The average molecular weight is 516 g/mol. The molecule has 0 saturated carbocycles. The number of rotatable bonds is 4. The molecule has 3 aromatic carbocycles. The van der Waals surface area contributed by atoms with Crippen LogP contribution in [-0.4, -0.2) is 27.5 Å². The molecule has 3 aromatic rings. The van der Waals surface area contributed by atoms with Gasteiger partial charge in [0.25, 0.3) is 15.9 Å². The smallest absolute Gasteiger partial charge is 0.417 e. The molecule has 0 fully saturated rings. The molecule has 35 heavy (non-hydrogen) atoms. The third kappa shape index (κ3) is 4.63. The molecule has 0 atom stereocenters. The zero-order valence-electron chi connectivity index (χ0n) is 17.4. The van der Waals surface area contributed by atoms with Crippen LogP contribution < -0.4 is 14.4 Å². The van der Waals surface area contributed by atoms with Crippen LogP contribution in [0.15, 0.2) is 59.5 Å². The SMILES string of the molecule is O=C(Nc1ccc2c(c1)N(S(=O)(=O)c1ccc(F)c(F)c1)CCO2)c1c(F)cccc1C(F)(F)F. The summed E-state index contributed by atoms with van der Waals surface area (Å²) in [5.41, 5.74) is -3.01. The van der Waals surface area contributed by atoms with E-state index in [1.54, 1.807) is 0 Å². The molecule has 1 heterocycles. The third-order valence-electron chi connectivity index (χ3n) is 5.06. The summed E-state index contributed by atoms with van der Waals surface area (Å²) < 4.78 is 113. The third-order valence-corrected chi connectivity index (χ3v) is 6.87. The Morgan fingerprint density at radius 3 is 2.37 bits per heavy atom. The minimum Gasteiger partial charge on any atom is -0.489 e. The number of sulfonamides is 1. The lowest BCUT2D eigenvalue weighted by molar-refractivity contribution is -0.138. The van der Waals surface area contributed by atoms with E-state index in [-0.39, 0.29) is 30.3 Å². The Morgan fingerprint density at radius 2 is 1.69 bits per heavy atom. The van der Waals surface area contributed by atoms with Gasteiger partial charge >= 0.3 is 6.18 Å². The highest BCUT2D eigenvalue weighted by atomic mass is 32.2. The van der Waals surface area contributed by atoms with Crippen molar-refractivity contribution in [2.24, 2.45) is 0 Å². The summed E-state index contributed by atoms with van der Waals surface area (Å²) >= 11 is 0. The normalized spacial score (nSPS) is 13.7. The highest BCUT2D eigenvalue weighted by Gasteiger charge is 2.37. The predicted molar refractivity (Wildman–Crippen MR) is 112 cm³/mol. The molecule has 1 aliphatic heterocycles. The van der Waals surface area contributed by atoms with Crippen LogP contribution in [0.1, 0.15) is 15.9 Å². The van der Waals surface area contributed by atoms with Crippen LogP contribution in [0.4, 0.5) is 37.7 Å². The highest BCUT2D eigenvalue weighted by molar-refractivity contribution is 7.92. The maximum absolute atomic E-state index is 14.1. The fraction of sp³-hybridized carbons (Fsp3) is 0.136. The molecule has 0 radical (unpaired) electrons. The number of anilines is 2. The van der Waals surface area contributed by atoms with Gasteiger partial charge in [-0.25, -0.2) is 21.6 Å². The Labute approximate surface area is 194 Å². The highest BCUT2D eigenvalue weighted by Crippen LogP contribution is 2.38. The number of hydrogen-bond donors (Lipinski definition) is 1. The lowest BCUT2D eigenvalue weighted by Crippen LogP contribution is -2.38. The van der Waals surface area contributed by atoms with Crippen LogP contribution in [0, 0.1) is 17.5 Å². The molecule has 6 nitrogen and oxygen atoms in total. The Kier molecular flexibility index (Phi) is 6.13. The number of alkyl halides is 3. The van der Waals surface area contributed by atoms with Crippen molar-refractivity contribution in [2.75, 3.05) is 22.8 Å².